The molecule has 544 valence electrons. The van der Waals surface area contributed by atoms with E-state index in [1.165, 1.54) is 13.8 Å². The van der Waals surface area contributed by atoms with Gasteiger partial charge in [-0.3, -0.25) is 71.0 Å². The quantitative estimate of drug-likeness (QED) is 0.0262. The third-order valence-electron chi connectivity index (χ3n) is 14.3. The number of amides is 11. The zero-order chi connectivity index (χ0) is 72.8. The number of unbranched alkanes of at least 4 members (excludes halogenated alkanes) is 1. The minimum atomic E-state index is -4.67. The first kappa shape index (κ1) is 87.9. The van der Waals surface area contributed by atoms with E-state index in [2.05, 4.69) is 72.3 Å². The summed E-state index contributed by atoms with van der Waals surface area (Å²) in [5, 5.41) is 49.7. The lowest BCUT2D eigenvalue weighted by atomic mass is 10.00. The lowest BCUT2D eigenvalue weighted by Gasteiger charge is -2.29. The molecule has 2 rings (SSSR count). The molecule has 37 nitrogen and oxygen atoms in total. The Bertz CT molecular complexity index is 2780. The van der Waals surface area contributed by atoms with Crippen LogP contribution >= 0.6 is 0 Å². The van der Waals surface area contributed by atoms with Crippen molar-refractivity contribution >= 4 is 85.8 Å². The summed E-state index contributed by atoms with van der Waals surface area (Å²) < 4.78 is 63.2. The van der Waals surface area contributed by atoms with Crippen molar-refractivity contribution in [2.24, 2.45) is 40.5 Å². The third-order valence-corrected chi connectivity index (χ3v) is 14.3. The van der Waals surface area contributed by atoms with Gasteiger partial charge in [-0.1, -0.05) is 77.3 Å². The van der Waals surface area contributed by atoms with E-state index >= 15 is 0 Å². The van der Waals surface area contributed by atoms with Crippen molar-refractivity contribution in [3.05, 3.63) is 35.9 Å². The van der Waals surface area contributed by atoms with Crippen LogP contribution in [0.15, 0.2) is 30.3 Å². The first-order valence-electron chi connectivity index (χ1n) is 30.9. The van der Waals surface area contributed by atoms with Gasteiger partial charge < -0.3 is 97.4 Å². The average molecular weight is 1400 g/mol. The summed E-state index contributed by atoms with van der Waals surface area (Å²) in [6.45, 7) is 9.00. The summed E-state index contributed by atoms with van der Waals surface area (Å²) in [6.07, 6.45) is -1.05. The van der Waals surface area contributed by atoms with E-state index in [9.17, 15) is 63.0 Å². The smallest absolute Gasteiger partial charge is 0.391 e. The van der Waals surface area contributed by atoms with Crippen LogP contribution in [-0.4, -0.2) is 222 Å². The molecule has 1 aromatic carbocycles. The van der Waals surface area contributed by atoms with Gasteiger partial charge in [-0.2, -0.15) is 16.8 Å². The number of aliphatic hydroxyl groups excluding tert-OH is 2. The highest BCUT2D eigenvalue weighted by molar-refractivity contribution is 7.80. The fourth-order valence-corrected chi connectivity index (χ4v) is 9.12. The van der Waals surface area contributed by atoms with Crippen molar-refractivity contribution in [3.63, 3.8) is 0 Å². The van der Waals surface area contributed by atoms with Crippen molar-refractivity contribution < 1.29 is 98.0 Å². The highest BCUT2D eigenvalue weighted by atomic mass is 32.3. The van der Waals surface area contributed by atoms with Gasteiger partial charge in [0.25, 0.3) is 0 Å². The standard InChI is InChI=1S/C56H98N16O13.2H2O4S/c1-7-32(4)13-11-12-16-44(75)63-36(17-23-57)51(80)72-46(34(6)74)56(85)68-39(20-26-60)48(77)67-41-22-28-62-55(84)45(33(5)73)71-52(81)40(21-27-61)65-47(76)37(18-24-58)66-53(82)42(29-31(2)3)69-54(83)43(30-35-14-9-8-10-15-35)70-49(78)38(19-25-59)64-50(41)79;2*1-5(2,3)4/h8-10,14-15,31-34,36-43,45-46,73-74H,7,11-13,16-30,57-61H2,1-6H3,(H,62,84)(H,63,75)(H,64,79)(H,65,76)(H,66,82)(H,67,77)(H,68,85)(H,69,83)(H,70,78)(H,71,81)(H,72,80);2*(H2,1,2,3,4)/t32-,33+,34+,36-,37-,38-,39-,40-,41-,42-,43+,45-,46-;;/m0../s1. The van der Waals surface area contributed by atoms with Crippen LogP contribution in [0.5, 0.6) is 0 Å². The van der Waals surface area contributed by atoms with Gasteiger partial charge >= 0.3 is 20.8 Å². The Kier molecular flexibility index (Phi) is 42.6. The molecule has 1 saturated heterocycles. The molecule has 0 saturated carbocycles. The molecule has 1 aliphatic heterocycles. The molecule has 13 atom stereocenters. The van der Waals surface area contributed by atoms with E-state index in [1.807, 2.05) is 0 Å². The lowest BCUT2D eigenvalue weighted by Crippen LogP contribution is -2.62. The third kappa shape index (κ3) is 38.9. The molecule has 0 spiro atoms. The maximum atomic E-state index is 14.5. The van der Waals surface area contributed by atoms with Gasteiger partial charge in [0.15, 0.2) is 0 Å². The molecule has 1 heterocycles. The number of aliphatic hydroxyl groups is 2. The molecule has 0 aliphatic carbocycles. The molecular formula is C56H102N16O21S2. The molecule has 27 N–H and O–H groups in total. The Labute approximate surface area is 553 Å². The van der Waals surface area contributed by atoms with Gasteiger partial charge in [-0.05, 0) is 115 Å². The normalized spacial score (nSPS) is 21.7. The van der Waals surface area contributed by atoms with Gasteiger partial charge in [-0.25, -0.2) is 0 Å². The Hall–Kier alpha value is -7.15. The van der Waals surface area contributed by atoms with E-state index in [-0.39, 0.29) is 90.0 Å². The van der Waals surface area contributed by atoms with Gasteiger partial charge in [0.05, 0.1) is 12.2 Å². The van der Waals surface area contributed by atoms with Crippen LogP contribution in [0.3, 0.4) is 0 Å². The second kappa shape index (κ2) is 46.1. The number of nitrogens with one attached hydrogen (secondary N) is 11. The Balaban J connectivity index is 0.00000817. The summed E-state index contributed by atoms with van der Waals surface area (Å²) in [4.78, 5) is 154. The van der Waals surface area contributed by atoms with Crippen LogP contribution in [0.1, 0.15) is 124 Å². The average Bonchev–Trinajstić information content (AvgIpc) is 1.05. The van der Waals surface area contributed by atoms with E-state index < -0.39 is 171 Å². The topological polar surface area (TPSA) is 640 Å². The Morgan fingerprint density at radius 2 is 0.989 bits per heavy atom. The second-order valence-electron chi connectivity index (χ2n) is 22.9. The number of hydrogen-bond acceptors (Lipinski definition) is 22. The van der Waals surface area contributed by atoms with E-state index in [0.717, 1.165) is 19.3 Å². The number of benzene rings is 1. The minimum absolute atomic E-state index is 0.0173. The van der Waals surface area contributed by atoms with E-state index in [1.54, 1.807) is 44.2 Å². The summed E-state index contributed by atoms with van der Waals surface area (Å²) in [5.41, 5.74) is 29.9. The summed E-state index contributed by atoms with van der Waals surface area (Å²) in [6, 6.07) is -6.23. The van der Waals surface area contributed by atoms with E-state index in [0.29, 0.717) is 17.9 Å². The molecule has 0 bridgehead atoms. The molecule has 1 aliphatic rings. The van der Waals surface area contributed by atoms with Crippen LogP contribution in [0, 0.1) is 11.8 Å². The highest BCUT2D eigenvalue weighted by Gasteiger charge is 2.38. The highest BCUT2D eigenvalue weighted by Crippen LogP contribution is 2.14. The molecule has 1 fully saturated rings. The fraction of sp³-hybridized carbons (Fsp3) is 0.696. The zero-order valence-corrected chi connectivity index (χ0v) is 56.0. The SMILES string of the molecule is CC[C@H](C)CCCCC(=O)N[C@@H](CCN)C(=O)N[C@H](C(=O)N[C@@H](CCN)C(=O)N[C@H]1CCNC(=O)[C@H]([C@@H](C)O)NC(=O)[C@H](CCN)NC(=O)[C@H](CCN)NC(=O)[C@H](CC(C)C)NC(=O)[C@@H](Cc2ccccc2)NC(=O)[C@H](CCN)NC1=O)[C@@H](C)O.O=S(=O)(O)O.O=S(=O)(O)O. The molecule has 0 aromatic heterocycles. The zero-order valence-electron chi connectivity index (χ0n) is 54.4. The van der Waals surface area contributed by atoms with E-state index in [4.69, 9.17) is 63.7 Å². The molecule has 39 heteroatoms. The largest absolute Gasteiger partial charge is 0.394 e. The first-order chi connectivity index (χ1) is 44.3. The number of hydrogen-bond donors (Lipinski definition) is 22. The predicted molar refractivity (Wildman–Crippen MR) is 345 cm³/mol. The summed E-state index contributed by atoms with van der Waals surface area (Å²) in [5.74, 6) is -9.45. The first-order valence-corrected chi connectivity index (χ1v) is 33.7. The van der Waals surface area contributed by atoms with Crippen LogP contribution in [0.2, 0.25) is 0 Å². The number of rotatable bonds is 29. The van der Waals surface area contributed by atoms with Gasteiger partial charge in [0, 0.05) is 19.4 Å². The number of nitrogens with two attached hydrogens (primary N) is 5. The minimum Gasteiger partial charge on any atom is -0.391 e. The van der Waals surface area contributed by atoms with Crippen molar-refractivity contribution in [1.29, 1.82) is 0 Å². The van der Waals surface area contributed by atoms with Crippen LogP contribution < -0.4 is 87.2 Å². The fourth-order valence-electron chi connectivity index (χ4n) is 9.12. The summed E-state index contributed by atoms with van der Waals surface area (Å²) in [7, 11) is -9.33. The van der Waals surface area contributed by atoms with Crippen molar-refractivity contribution in [3.8, 4) is 0 Å². The molecule has 0 unspecified atom stereocenters. The lowest BCUT2D eigenvalue weighted by molar-refractivity contribution is -0.137. The molecule has 95 heavy (non-hydrogen) atoms. The molecule has 1 aromatic rings. The summed E-state index contributed by atoms with van der Waals surface area (Å²) >= 11 is 0. The number of carbonyl (C=O) groups excluding carboxylic acids is 11. The Morgan fingerprint density at radius 1 is 0.547 bits per heavy atom. The maximum Gasteiger partial charge on any atom is 0.394 e. The van der Waals surface area contributed by atoms with Crippen molar-refractivity contribution in [1.82, 2.24) is 58.5 Å². The molecule has 11 amide bonds. The van der Waals surface area contributed by atoms with Gasteiger partial charge in [0.1, 0.15) is 60.4 Å². The monoisotopic (exact) mass is 1400 g/mol. The van der Waals surface area contributed by atoms with Crippen molar-refractivity contribution in [2.75, 3.05) is 39.3 Å². The van der Waals surface area contributed by atoms with Crippen molar-refractivity contribution in [2.45, 2.75) is 198 Å². The maximum absolute atomic E-state index is 14.5. The van der Waals surface area contributed by atoms with Crippen LogP contribution in [0.25, 0.3) is 0 Å². The van der Waals surface area contributed by atoms with Gasteiger partial charge in [0.2, 0.25) is 65.0 Å². The molecule has 0 radical (unpaired) electrons. The predicted octanol–water partition coefficient (Wildman–Crippen LogP) is -6.55. The van der Waals surface area contributed by atoms with Gasteiger partial charge in [-0.15, -0.1) is 0 Å². The van der Waals surface area contributed by atoms with Crippen LogP contribution in [0.4, 0.5) is 0 Å². The Morgan fingerprint density at radius 3 is 1.44 bits per heavy atom. The van der Waals surface area contributed by atoms with Crippen LogP contribution in [-0.2, 0) is 80.0 Å². The second-order valence-corrected chi connectivity index (χ2v) is 24.7. The molecular weight excluding hydrogens is 1300 g/mol. The number of carbonyl (C=O) groups is 11.